The highest BCUT2D eigenvalue weighted by Crippen LogP contribution is 2.37. The number of rotatable bonds is 8. The predicted molar refractivity (Wildman–Crippen MR) is 52.9 cm³/mol. The van der Waals surface area contributed by atoms with Crippen LogP contribution in [0.3, 0.4) is 0 Å². The first-order chi connectivity index (χ1) is 6.45. The zero-order valence-electron chi connectivity index (χ0n) is 8.68. The lowest BCUT2D eigenvalue weighted by Crippen LogP contribution is -2.15. The molecule has 0 aliphatic carbocycles. The van der Waals surface area contributed by atoms with Gasteiger partial charge >= 0.3 is 7.82 Å². The SMILES string of the molecule is CCCCCOCC(C)OP(=O)(O)O. The van der Waals surface area contributed by atoms with Gasteiger partial charge in [0.2, 0.25) is 0 Å². The molecule has 0 bridgehead atoms. The van der Waals surface area contributed by atoms with Crippen LogP contribution in [0.4, 0.5) is 0 Å². The van der Waals surface area contributed by atoms with Gasteiger partial charge in [0.15, 0.2) is 0 Å². The Bertz CT molecular complexity index is 179. The highest BCUT2D eigenvalue weighted by molar-refractivity contribution is 7.46. The van der Waals surface area contributed by atoms with E-state index in [1.165, 1.54) is 0 Å². The summed E-state index contributed by atoms with van der Waals surface area (Å²) in [7, 11) is -4.36. The summed E-state index contributed by atoms with van der Waals surface area (Å²) >= 11 is 0. The second-order valence-corrected chi connectivity index (χ2v) is 4.38. The van der Waals surface area contributed by atoms with Crippen molar-refractivity contribution in [1.82, 2.24) is 0 Å². The summed E-state index contributed by atoms with van der Waals surface area (Å²) in [5.41, 5.74) is 0. The first-order valence-corrected chi connectivity index (χ1v) is 6.30. The largest absolute Gasteiger partial charge is 0.469 e. The molecule has 0 rings (SSSR count). The first-order valence-electron chi connectivity index (χ1n) is 4.77. The van der Waals surface area contributed by atoms with E-state index in [0.29, 0.717) is 6.61 Å². The van der Waals surface area contributed by atoms with Gasteiger partial charge < -0.3 is 14.5 Å². The minimum absolute atomic E-state index is 0.217. The van der Waals surface area contributed by atoms with Crippen LogP contribution in [0.1, 0.15) is 33.1 Å². The average molecular weight is 226 g/mol. The fourth-order valence-electron chi connectivity index (χ4n) is 0.968. The summed E-state index contributed by atoms with van der Waals surface area (Å²) in [6.07, 6.45) is 2.63. The fraction of sp³-hybridized carbons (Fsp3) is 1.00. The Kier molecular flexibility index (Phi) is 7.41. The van der Waals surface area contributed by atoms with Gasteiger partial charge in [-0.25, -0.2) is 4.57 Å². The monoisotopic (exact) mass is 226 g/mol. The van der Waals surface area contributed by atoms with Crippen molar-refractivity contribution in [2.75, 3.05) is 13.2 Å². The Hall–Kier alpha value is 0.0700. The molecule has 0 aromatic carbocycles. The summed E-state index contributed by atoms with van der Waals surface area (Å²) in [6.45, 7) is 4.50. The van der Waals surface area contributed by atoms with Gasteiger partial charge in [-0.3, -0.25) is 4.52 Å². The molecule has 0 spiro atoms. The number of phosphoric acid groups is 1. The molecule has 0 saturated heterocycles. The summed E-state index contributed by atoms with van der Waals surface area (Å²) in [6, 6.07) is 0. The van der Waals surface area contributed by atoms with Crippen molar-refractivity contribution < 1.29 is 23.6 Å². The van der Waals surface area contributed by atoms with Crippen molar-refractivity contribution in [3.63, 3.8) is 0 Å². The molecule has 86 valence electrons. The van der Waals surface area contributed by atoms with Crippen LogP contribution < -0.4 is 0 Å². The molecule has 1 atom stereocenters. The lowest BCUT2D eigenvalue weighted by atomic mass is 10.3. The predicted octanol–water partition coefficient (Wildman–Crippen LogP) is 1.69. The molecule has 14 heavy (non-hydrogen) atoms. The van der Waals surface area contributed by atoms with E-state index in [9.17, 15) is 4.57 Å². The van der Waals surface area contributed by atoms with Gasteiger partial charge in [-0.05, 0) is 13.3 Å². The third-order valence-corrected chi connectivity index (χ3v) is 2.20. The molecule has 0 aromatic heterocycles. The number of ether oxygens (including phenoxy) is 1. The van der Waals surface area contributed by atoms with Gasteiger partial charge in [0.25, 0.3) is 0 Å². The maximum absolute atomic E-state index is 10.4. The van der Waals surface area contributed by atoms with Crippen LogP contribution in [0.5, 0.6) is 0 Å². The minimum Gasteiger partial charge on any atom is -0.379 e. The molecule has 6 heteroatoms. The number of unbranched alkanes of at least 4 members (excludes halogenated alkanes) is 2. The molecule has 1 unspecified atom stereocenters. The van der Waals surface area contributed by atoms with Crippen molar-refractivity contribution in [2.24, 2.45) is 0 Å². The highest BCUT2D eigenvalue weighted by atomic mass is 31.2. The molecule has 0 aliphatic rings. The van der Waals surface area contributed by atoms with E-state index < -0.39 is 13.9 Å². The van der Waals surface area contributed by atoms with Crippen molar-refractivity contribution in [2.45, 2.75) is 39.2 Å². The molecule has 0 amide bonds. The normalized spacial score (nSPS) is 14.3. The Morgan fingerprint density at radius 2 is 2.00 bits per heavy atom. The Labute approximate surface area is 84.7 Å². The standard InChI is InChI=1S/C8H19O5P/c1-3-4-5-6-12-7-8(2)13-14(9,10)11/h8H,3-7H2,1-2H3,(H2,9,10,11). The lowest BCUT2D eigenvalue weighted by molar-refractivity contribution is 0.0405. The first kappa shape index (κ1) is 14.1. The molecule has 2 N–H and O–H groups in total. The zero-order chi connectivity index (χ0) is 11.0. The van der Waals surface area contributed by atoms with Gasteiger partial charge in [-0.15, -0.1) is 0 Å². The number of hydrogen-bond acceptors (Lipinski definition) is 3. The van der Waals surface area contributed by atoms with Crippen molar-refractivity contribution in [1.29, 1.82) is 0 Å². The Morgan fingerprint density at radius 3 is 2.50 bits per heavy atom. The van der Waals surface area contributed by atoms with E-state index in [-0.39, 0.29) is 6.61 Å². The van der Waals surface area contributed by atoms with Gasteiger partial charge in [0.05, 0.1) is 12.7 Å². The molecule has 0 aromatic rings. The van der Waals surface area contributed by atoms with E-state index in [0.717, 1.165) is 19.3 Å². The quantitative estimate of drug-likeness (QED) is 0.486. The van der Waals surface area contributed by atoms with Crippen LogP contribution in [-0.2, 0) is 13.8 Å². The van der Waals surface area contributed by atoms with E-state index in [1.54, 1.807) is 6.92 Å². The molecule has 0 fully saturated rings. The number of phosphoric ester groups is 1. The summed E-state index contributed by atoms with van der Waals surface area (Å²) in [5, 5.41) is 0. The summed E-state index contributed by atoms with van der Waals surface area (Å²) in [5.74, 6) is 0. The number of hydrogen-bond donors (Lipinski definition) is 2. The molecule has 0 radical (unpaired) electrons. The molecule has 0 heterocycles. The zero-order valence-corrected chi connectivity index (χ0v) is 9.57. The van der Waals surface area contributed by atoms with Gasteiger partial charge in [0, 0.05) is 6.61 Å². The minimum atomic E-state index is -4.36. The van der Waals surface area contributed by atoms with Crippen molar-refractivity contribution in [3.8, 4) is 0 Å². The van der Waals surface area contributed by atoms with Crippen LogP contribution in [0, 0.1) is 0 Å². The van der Waals surface area contributed by atoms with Crippen molar-refractivity contribution >= 4 is 7.82 Å². The van der Waals surface area contributed by atoms with Gasteiger partial charge in [-0.1, -0.05) is 19.8 Å². The fourth-order valence-corrected chi connectivity index (χ4v) is 1.50. The van der Waals surface area contributed by atoms with Gasteiger partial charge in [-0.2, -0.15) is 0 Å². The third-order valence-electron chi connectivity index (χ3n) is 1.56. The molecule has 0 saturated carbocycles. The smallest absolute Gasteiger partial charge is 0.379 e. The summed E-state index contributed by atoms with van der Waals surface area (Å²) < 4.78 is 20.0. The summed E-state index contributed by atoms with van der Waals surface area (Å²) in [4.78, 5) is 16.9. The van der Waals surface area contributed by atoms with Crippen LogP contribution in [-0.4, -0.2) is 29.1 Å². The van der Waals surface area contributed by atoms with Crippen LogP contribution in [0.15, 0.2) is 0 Å². The highest BCUT2D eigenvalue weighted by Gasteiger charge is 2.18. The van der Waals surface area contributed by atoms with Crippen LogP contribution in [0.25, 0.3) is 0 Å². The molecule has 0 aliphatic heterocycles. The molecule has 5 nitrogen and oxygen atoms in total. The second kappa shape index (κ2) is 7.37. The third kappa shape index (κ3) is 10.2. The maximum Gasteiger partial charge on any atom is 0.469 e. The lowest BCUT2D eigenvalue weighted by Gasteiger charge is -2.13. The topological polar surface area (TPSA) is 76.0 Å². The van der Waals surface area contributed by atoms with E-state index in [1.807, 2.05) is 0 Å². The van der Waals surface area contributed by atoms with Crippen LogP contribution in [0.2, 0.25) is 0 Å². The molecular weight excluding hydrogens is 207 g/mol. The van der Waals surface area contributed by atoms with Crippen molar-refractivity contribution in [3.05, 3.63) is 0 Å². The molecular formula is C8H19O5P. The van der Waals surface area contributed by atoms with Gasteiger partial charge in [0.1, 0.15) is 0 Å². The maximum atomic E-state index is 10.4. The van der Waals surface area contributed by atoms with E-state index in [2.05, 4.69) is 11.4 Å². The van der Waals surface area contributed by atoms with Crippen LogP contribution >= 0.6 is 7.82 Å². The Balaban J connectivity index is 3.36. The van der Waals surface area contributed by atoms with E-state index in [4.69, 9.17) is 14.5 Å². The second-order valence-electron chi connectivity index (χ2n) is 3.19. The average Bonchev–Trinajstić information content (AvgIpc) is 2.00. The van der Waals surface area contributed by atoms with E-state index >= 15 is 0 Å². The Morgan fingerprint density at radius 1 is 1.36 bits per heavy atom.